The largest absolute Gasteiger partial charge is 0.397 e. The van der Waals surface area contributed by atoms with Crippen molar-refractivity contribution >= 4 is 50.5 Å². The van der Waals surface area contributed by atoms with Gasteiger partial charge < -0.3 is 16.4 Å². The topological polar surface area (TPSA) is 84.2 Å². The van der Waals surface area contributed by atoms with Crippen molar-refractivity contribution in [1.82, 2.24) is 10.6 Å². The van der Waals surface area contributed by atoms with Crippen molar-refractivity contribution in [1.29, 1.82) is 0 Å². The van der Waals surface area contributed by atoms with Crippen LogP contribution in [0.1, 0.15) is 16.1 Å². The van der Waals surface area contributed by atoms with Crippen molar-refractivity contribution in [2.45, 2.75) is 6.42 Å². The summed E-state index contributed by atoms with van der Waals surface area (Å²) < 4.78 is 0.867. The monoisotopic (exact) mass is 311 g/mol. The molecule has 4 N–H and O–H groups in total. The van der Waals surface area contributed by atoms with Crippen molar-refractivity contribution in [3.8, 4) is 0 Å². The number of nitrogen functional groups attached to an aromatic ring is 1. The molecule has 7 heteroatoms. The third-order valence-corrected chi connectivity index (χ3v) is 4.31. The second kappa shape index (κ2) is 6.11. The fraction of sp³-hybridized carbons (Fsp3) is 0.231. The van der Waals surface area contributed by atoms with Crippen LogP contribution in [-0.2, 0) is 4.79 Å². The Bertz CT molecular complexity index is 669. The molecule has 2 amide bonds. The second-order valence-corrected chi connectivity index (χ2v) is 5.60. The summed E-state index contributed by atoms with van der Waals surface area (Å²) in [6.45, 7) is 0.264. The van der Waals surface area contributed by atoms with E-state index in [0.29, 0.717) is 21.0 Å². The number of halogens is 1. The predicted molar refractivity (Wildman–Crippen MR) is 82.3 cm³/mol. The van der Waals surface area contributed by atoms with E-state index in [4.69, 9.17) is 17.3 Å². The molecule has 0 aliphatic heterocycles. The number of fused-ring (bicyclic) bond motifs is 1. The zero-order valence-corrected chi connectivity index (χ0v) is 12.4. The molecule has 0 saturated heterocycles. The van der Waals surface area contributed by atoms with E-state index in [9.17, 15) is 9.59 Å². The Balaban J connectivity index is 2.17. The van der Waals surface area contributed by atoms with Gasteiger partial charge in [0.1, 0.15) is 4.88 Å². The van der Waals surface area contributed by atoms with Crippen molar-refractivity contribution < 1.29 is 9.59 Å². The smallest absolute Gasteiger partial charge is 0.263 e. The standard InChI is InChI=1S/C13H14ClN3O2S/c1-16-9(18)5-6-17-13(19)12-11(15)10-7(14)3-2-4-8(10)20-12/h2-4H,5-6,15H2,1H3,(H,16,18)(H,17,19). The Morgan fingerprint density at radius 3 is 2.80 bits per heavy atom. The van der Waals surface area contributed by atoms with Crippen LogP contribution in [0, 0.1) is 0 Å². The second-order valence-electron chi connectivity index (χ2n) is 4.14. The third-order valence-electron chi connectivity index (χ3n) is 2.82. The van der Waals surface area contributed by atoms with Crippen LogP contribution in [0.4, 0.5) is 5.69 Å². The first-order chi connectivity index (χ1) is 9.54. The summed E-state index contributed by atoms with van der Waals surface area (Å²) in [7, 11) is 1.55. The first kappa shape index (κ1) is 14.6. The van der Waals surface area contributed by atoms with E-state index in [1.165, 1.54) is 11.3 Å². The summed E-state index contributed by atoms with van der Waals surface area (Å²) in [4.78, 5) is 23.6. The van der Waals surface area contributed by atoms with Crippen LogP contribution in [0.25, 0.3) is 10.1 Å². The molecule has 106 valence electrons. The van der Waals surface area contributed by atoms with Crippen LogP contribution >= 0.6 is 22.9 Å². The highest BCUT2D eigenvalue weighted by Gasteiger charge is 2.17. The van der Waals surface area contributed by atoms with Gasteiger partial charge in [-0.25, -0.2) is 0 Å². The van der Waals surface area contributed by atoms with Gasteiger partial charge in [0, 0.05) is 30.1 Å². The highest BCUT2D eigenvalue weighted by molar-refractivity contribution is 7.21. The van der Waals surface area contributed by atoms with Crippen LogP contribution in [-0.4, -0.2) is 25.4 Å². The average molecular weight is 312 g/mol. The van der Waals surface area contributed by atoms with Gasteiger partial charge in [0.15, 0.2) is 0 Å². The van der Waals surface area contributed by atoms with Crippen LogP contribution in [0.3, 0.4) is 0 Å². The summed E-state index contributed by atoms with van der Waals surface area (Å²) in [5.41, 5.74) is 6.37. The number of carbonyl (C=O) groups is 2. The number of benzene rings is 1. The molecule has 0 spiro atoms. The molecular formula is C13H14ClN3O2S. The molecule has 2 rings (SSSR count). The van der Waals surface area contributed by atoms with E-state index in [1.807, 2.05) is 12.1 Å². The van der Waals surface area contributed by atoms with E-state index in [-0.39, 0.29) is 24.8 Å². The molecule has 0 saturated carbocycles. The van der Waals surface area contributed by atoms with Gasteiger partial charge in [-0.1, -0.05) is 17.7 Å². The van der Waals surface area contributed by atoms with Crippen molar-refractivity contribution in [3.63, 3.8) is 0 Å². The number of nitrogens with two attached hydrogens (primary N) is 1. The Labute approximate surface area is 125 Å². The zero-order chi connectivity index (χ0) is 14.7. The molecule has 0 aliphatic rings. The molecule has 1 aromatic heterocycles. The number of hydrogen-bond acceptors (Lipinski definition) is 4. The summed E-state index contributed by atoms with van der Waals surface area (Å²) in [6, 6.07) is 5.41. The van der Waals surface area contributed by atoms with Gasteiger partial charge in [0.25, 0.3) is 5.91 Å². The van der Waals surface area contributed by atoms with E-state index >= 15 is 0 Å². The number of amides is 2. The minimum Gasteiger partial charge on any atom is -0.397 e. The quantitative estimate of drug-likeness (QED) is 0.807. The molecule has 0 fully saturated rings. The van der Waals surface area contributed by atoms with Gasteiger partial charge in [0.2, 0.25) is 5.91 Å². The molecular weight excluding hydrogens is 298 g/mol. The normalized spacial score (nSPS) is 10.5. The minimum absolute atomic E-state index is 0.127. The lowest BCUT2D eigenvalue weighted by Crippen LogP contribution is -2.29. The van der Waals surface area contributed by atoms with E-state index in [1.54, 1.807) is 13.1 Å². The molecule has 0 aliphatic carbocycles. The number of rotatable bonds is 4. The first-order valence-corrected chi connectivity index (χ1v) is 7.19. The Morgan fingerprint density at radius 1 is 1.40 bits per heavy atom. The van der Waals surface area contributed by atoms with Gasteiger partial charge in [-0.3, -0.25) is 9.59 Å². The fourth-order valence-electron chi connectivity index (χ4n) is 1.79. The molecule has 5 nitrogen and oxygen atoms in total. The van der Waals surface area contributed by atoms with Crippen LogP contribution in [0.5, 0.6) is 0 Å². The lowest BCUT2D eigenvalue weighted by Gasteiger charge is -2.03. The Hall–Kier alpha value is -1.79. The minimum atomic E-state index is -0.288. The third kappa shape index (κ3) is 2.86. The van der Waals surface area contributed by atoms with E-state index in [0.717, 1.165) is 4.70 Å². The number of nitrogens with one attached hydrogen (secondary N) is 2. The van der Waals surface area contributed by atoms with Crippen LogP contribution in [0.15, 0.2) is 18.2 Å². The summed E-state index contributed by atoms with van der Waals surface area (Å²) in [5.74, 6) is -0.415. The zero-order valence-electron chi connectivity index (χ0n) is 10.8. The van der Waals surface area contributed by atoms with E-state index in [2.05, 4.69) is 10.6 Å². The van der Waals surface area contributed by atoms with Gasteiger partial charge in [-0.15, -0.1) is 11.3 Å². The Kier molecular flexibility index (Phi) is 4.46. The first-order valence-electron chi connectivity index (χ1n) is 6.00. The SMILES string of the molecule is CNC(=O)CCNC(=O)c1sc2cccc(Cl)c2c1N. The molecule has 2 aromatic rings. The average Bonchev–Trinajstić information content (AvgIpc) is 2.77. The molecule has 0 unspecified atom stereocenters. The van der Waals surface area contributed by atoms with Gasteiger partial charge in [-0.2, -0.15) is 0 Å². The van der Waals surface area contributed by atoms with Gasteiger partial charge in [0.05, 0.1) is 10.7 Å². The number of thiophene rings is 1. The van der Waals surface area contributed by atoms with E-state index < -0.39 is 0 Å². The highest BCUT2D eigenvalue weighted by Crippen LogP contribution is 2.37. The van der Waals surface area contributed by atoms with Crippen molar-refractivity contribution in [2.75, 3.05) is 19.3 Å². The summed E-state index contributed by atoms with van der Waals surface area (Å²) in [6.07, 6.45) is 0.230. The predicted octanol–water partition coefficient (Wildman–Crippen LogP) is 2.00. The van der Waals surface area contributed by atoms with Crippen LogP contribution in [0.2, 0.25) is 5.02 Å². The fourth-order valence-corrected chi connectivity index (χ4v) is 3.19. The maximum Gasteiger partial charge on any atom is 0.263 e. The molecule has 0 atom stereocenters. The number of hydrogen-bond donors (Lipinski definition) is 3. The van der Waals surface area contributed by atoms with Crippen molar-refractivity contribution in [3.05, 3.63) is 28.1 Å². The maximum absolute atomic E-state index is 12.1. The van der Waals surface area contributed by atoms with Crippen LogP contribution < -0.4 is 16.4 Å². The van der Waals surface area contributed by atoms with Crippen molar-refractivity contribution in [2.24, 2.45) is 0 Å². The van der Waals surface area contributed by atoms with Gasteiger partial charge >= 0.3 is 0 Å². The number of anilines is 1. The summed E-state index contributed by atoms with van der Waals surface area (Å²) >= 11 is 7.38. The van der Waals surface area contributed by atoms with Gasteiger partial charge in [-0.05, 0) is 12.1 Å². The maximum atomic E-state index is 12.1. The molecule has 1 heterocycles. The lowest BCUT2D eigenvalue weighted by atomic mass is 10.2. The number of carbonyl (C=O) groups excluding carboxylic acids is 2. The Morgan fingerprint density at radius 2 is 2.15 bits per heavy atom. The summed E-state index contributed by atoms with van der Waals surface area (Å²) in [5, 5.41) is 6.39. The highest BCUT2D eigenvalue weighted by atomic mass is 35.5. The molecule has 1 aromatic carbocycles. The molecule has 0 bridgehead atoms. The lowest BCUT2D eigenvalue weighted by molar-refractivity contribution is -0.120. The molecule has 0 radical (unpaired) electrons. The molecule has 20 heavy (non-hydrogen) atoms.